The Balaban J connectivity index is 3.01. The van der Waals surface area contributed by atoms with E-state index in [1.807, 2.05) is 20.8 Å². The Morgan fingerprint density at radius 2 is 1.62 bits per heavy atom. The first-order valence-electron chi connectivity index (χ1n) is 10.8. The van der Waals surface area contributed by atoms with Gasteiger partial charge < -0.3 is 10.6 Å². The van der Waals surface area contributed by atoms with Crippen molar-refractivity contribution in [2.24, 2.45) is 11.8 Å². The predicted octanol–water partition coefficient (Wildman–Crippen LogP) is 2.14. The summed E-state index contributed by atoms with van der Waals surface area (Å²) in [4.78, 5) is 37.6. The van der Waals surface area contributed by atoms with E-state index in [4.69, 9.17) is 0 Å². The second-order valence-electron chi connectivity index (χ2n) is 8.46. The highest BCUT2D eigenvalue weighted by Gasteiger charge is 2.33. The molecule has 1 aromatic rings. The van der Waals surface area contributed by atoms with Crippen LogP contribution >= 0.6 is 0 Å². The highest BCUT2D eigenvalue weighted by atomic mass is 32.2. The number of Topliss-reactive ketones (excluding diaryl/α,β-unsaturated/α-hetero) is 1. The summed E-state index contributed by atoms with van der Waals surface area (Å²) in [5.41, 5.74) is 0. The number of sulfonamides is 1. The first-order valence-corrected chi connectivity index (χ1v) is 12.3. The Kier molecular flexibility index (Phi) is 10.9. The maximum atomic E-state index is 13.1. The van der Waals surface area contributed by atoms with E-state index in [9.17, 15) is 27.2 Å². The van der Waals surface area contributed by atoms with E-state index in [1.165, 1.54) is 0 Å². The summed E-state index contributed by atoms with van der Waals surface area (Å²) in [6.07, 6.45) is 1.80. The smallest absolute Gasteiger partial charge is 0.289 e. The molecule has 0 heterocycles. The highest BCUT2D eigenvalue weighted by Crippen LogP contribution is 2.14. The van der Waals surface area contributed by atoms with Crippen LogP contribution in [0.1, 0.15) is 53.9 Å². The number of rotatable bonds is 13. The standard InChI is InChI=1S/C22H34FN3O5S/c1-6-7-12-24-22(29)20(27)18(13-14(2)3)25-21(28)19(15(4)5)26-32(30,31)17-10-8-16(23)9-11-17/h8-11,14-15,18-19,26H,6-7,12-13H2,1-5H3,(H,24,29)(H,25,28). The molecule has 1 aromatic carbocycles. The van der Waals surface area contributed by atoms with Gasteiger partial charge >= 0.3 is 0 Å². The van der Waals surface area contributed by atoms with Crippen molar-refractivity contribution in [2.75, 3.05) is 6.54 Å². The van der Waals surface area contributed by atoms with E-state index in [0.29, 0.717) is 6.54 Å². The average molecular weight is 472 g/mol. The predicted molar refractivity (Wildman–Crippen MR) is 120 cm³/mol. The van der Waals surface area contributed by atoms with Crippen LogP contribution in [0.3, 0.4) is 0 Å². The fourth-order valence-electron chi connectivity index (χ4n) is 2.93. The lowest BCUT2D eigenvalue weighted by Gasteiger charge is -2.25. The molecule has 0 aromatic heterocycles. The molecule has 0 fully saturated rings. The van der Waals surface area contributed by atoms with Crippen LogP contribution in [0, 0.1) is 17.7 Å². The molecule has 2 amide bonds. The van der Waals surface area contributed by atoms with Crippen molar-refractivity contribution in [2.45, 2.75) is 70.9 Å². The van der Waals surface area contributed by atoms with Gasteiger partial charge in [0.25, 0.3) is 5.91 Å². The van der Waals surface area contributed by atoms with Crippen LogP contribution < -0.4 is 15.4 Å². The van der Waals surface area contributed by atoms with Gasteiger partial charge in [-0.25, -0.2) is 12.8 Å². The van der Waals surface area contributed by atoms with Gasteiger partial charge in [-0.15, -0.1) is 0 Å². The Hall–Kier alpha value is -2.33. The first kappa shape index (κ1) is 27.7. The van der Waals surface area contributed by atoms with Crippen molar-refractivity contribution in [1.82, 2.24) is 15.4 Å². The third kappa shape index (κ3) is 8.66. The van der Waals surface area contributed by atoms with Gasteiger partial charge in [0.05, 0.1) is 10.9 Å². The summed E-state index contributed by atoms with van der Waals surface area (Å²) in [6, 6.07) is 1.93. The Morgan fingerprint density at radius 3 is 2.12 bits per heavy atom. The van der Waals surface area contributed by atoms with Crippen LogP contribution in [0.2, 0.25) is 0 Å². The monoisotopic (exact) mass is 471 g/mol. The van der Waals surface area contributed by atoms with Gasteiger partial charge in [-0.1, -0.05) is 41.0 Å². The van der Waals surface area contributed by atoms with E-state index in [1.54, 1.807) is 13.8 Å². The molecular formula is C22H34FN3O5S. The molecule has 0 saturated carbocycles. The van der Waals surface area contributed by atoms with E-state index in [2.05, 4.69) is 15.4 Å². The Labute approximate surface area is 189 Å². The van der Waals surface area contributed by atoms with Crippen molar-refractivity contribution in [1.29, 1.82) is 0 Å². The van der Waals surface area contributed by atoms with Crippen molar-refractivity contribution in [3.63, 3.8) is 0 Å². The maximum absolute atomic E-state index is 13.1. The fraction of sp³-hybridized carbons (Fsp3) is 0.591. The summed E-state index contributed by atoms with van der Waals surface area (Å²) in [7, 11) is -4.12. The zero-order valence-electron chi connectivity index (χ0n) is 19.3. The summed E-state index contributed by atoms with van der Waals surface area (Å²) >= 11 is 0. The molecule has 0 bridgehead atoms. The SMILES string of the molecule is CCCCNC(=O)C(=O)C(CC(C)C)NC(=O)C(NS(=O)(=O)c1ccc(F)cc1)C(C)C. The lowest BCUT2D eigenvalue weighted by molar-refractivity contribution is -0.140. The molecule has 0 aliphatic rings. The molecule has 0 saturated heterocycles. The van der Waals surface area contributed by atoms with Crippen LogP contribution in [0.25, 0.3) is 0 Å². The quantitative estimate of drug-likeness (QED) is 0.301. The molecule has 0 aliphatic heterocycles. The van der Waals surface area contributed by atoms with Gasteiger partial charge in [0.1, 0.15) is 11.9 Å². The molecule has 180 valence electrons. The maximum Gasteiger partial charge on any atom is 0.289 e. The van der Waals surface area contributed by atoms with Gasteiger partial charge in [0.2, 0.25) is 21.7 Å². The molecule has 10 heteroatoms. The van der Waals surface area contributed by atoms with Gasteiger partial charge in [0.15, 0.2) is 0 Å². The number of unbranched alkanes of at least 4 members (excludes halogenated alkanes) is 1. The number of carbonyl (C=O) groups is 3. The number of benzene rings is 1. The van der Waals surface area contributed by atoms with Gasteiger partial charge in [-0.2, -0.15) is 4.72 Å². The fourth-order valence-corrected chi connectivity index (χ4v) is 4.27. The van der Waals surface area contributed by atoms with Crippen LogP contribution in [-0.4, -0.2) is 44.6 Å². The molecule has 8 nitrogen and oxygen atoms in total. The molecule has 2 unspecified atom stereocenters. The minimum absolute atomic E-state index is 0.00102. The van der Waals surface area contributed by atoms with Gasteiger partial charge in [-0.3, -0.25) is 14.4 Å². The van der Waals surface area contributed by atoms with Crippen molar-refractivity contribution in [3.05, 3.63) is 30.1 Å². The minimum atomic E-state index is -4.12. The Bertz CT molecular complexity index is 885. The number of carbonyl (C=O) groups excluding carboxylic acids is 3. The number of hydrogen-bond donors (Lipinski definition) is 3. The first-order chi connectivity index (χ1) is 14.9. The van der Waals surface area contributed by atoms with E-state index < -0.39 is 51.4 Å². The van der Waals surface area contributed by atoms with Gasteiger partial charge in [-0.05, 0) is 48.9 Å². The minimum Gasteiger partial charge on any atom is -0.349 e. The van der Waals surface area contributed by atoms with Gasteiger partial charge in [0, 0.05) is 6.54 Å². The van der Waals surface area contributed by atoms with Crippen LogP contribution in [-0.2, 0) is 24.4 Å². The second kappa shape index (κ2) is 12.6. The second-order valence-corrected chi connectivity index (χ2v) is 10.2. The van der Waals surface area contributed by atoms with Crippen LogP contribution in [0.15, 0.2) is 29.2 Å². The third-order valence-corrected chi connectivity index (χ3v) is 6.19. The van der Waals surface area contributed by atoms with Crippen molar-refractivity contribution >= 4 is 27.6 Å². The molecule has 0 aliphatic carbocycles. The summed E-state index contributed by atoms with van der Waals surface area (Å²) in [5.74, 6) is -3.32. The van der Waals surface area contributed by atoms with Crippen molar-refractivity contribution < 1.29 is 27.2 Å². The number of ketones is 1. The van der Waals surface area contributed by atoms with Crippen molar-refractivity contribution in [3.8, 4) is 0 Å². The molecule has 3 N–H and O–H groups in total. The van der Waals surface area contributed by atoms with Crippen LogP contribution in [0.5, 0.6) is 0 Å². The number of hydrogen-bond acceptors (Lipinski definition) is 5. The largest absolute Gasteiger partial charge is 0.349 e. The molecule has 32 heavy (non-hydrogen) atoms. The number of nitrogens with one attached hydrogen (secondary N) is 3. The number of halogens is 1. The van der Waals surface area contributed by atoms with E-state index in [-0.39, 0.29) is 17.2 Å². The Morgan fingerprint density at radius 1 is 1.03 bits per heavy atom. The molecule has 0 radical (unpaired) electrons. The average Bonchev–Trinajstić information content (AvgIpc) is 2.70. The third-order valence-electron chi connectivity index (χ3n) is 4.73. The topological polar surface area (TPSA) is 121 Å². The summed E-state index contributed by atoms with van der Waals surface area (Å²) in [6.45, 7) is 9.30. The zero-order chi connectivity index (χ0) is 24.5. The number of amides is 2. The normalized spacial score (nSPS) is 13.6. The van der Waals surface area contributed by atoms with E-state index in [0.717, 1.165) is 37.1 Å². The molecule has 1 rings (SSSR count). The lowest BCUT2D eigenvalue weighted by atomic mass is 9.98. The summed E-state index contributed by atoms with van der Waals surface area (Å²) in [5, 5.41) is 5.09. The van der Waals surface area contributed by atoms with E-state index >= 15 is 0 Å². The zero-order valence-corrected chi connectivity index (χ0v) is 20.1. The highest BCUT2D eigenvalue weighted by molar-refractivity contribution is 7.89. The molecule has 2 atom stereocenters. The molecular weight excluding hydrogens is 437 g/mol. The molecule has 0 spiro atoms. The lowest BCUT2D eigenvalue weighted by Crippen LogP contribution is -2.55. The van der Waals surface area contributed by atoms with Crippen LogP contribution in [0.4, 0.5) is 4.39 Å². The summed E-state index contributed by atoms with van der Waals surface area (Å²) < 4.78 is 40.8.